The van der Waals surface area contributed by atoms with Gasteiger partial charge in [-0.1, -0.05) is 97.1 Å². The lowest BCUT2D eigenvalue weighted by molar-refractivity contribution is 1.60. The van der Waals surface area contributed by atoms with Crippen LogP contribution in [-0.2, 0) is 0 Å². The summed E-state index contributed by atoms with van der Waals surface area (Å²) in [4.78, 5) is 1.32. The van der Waals surface area contributed by atoms with Crippen LogP contribution in [0.4, 0.5) is 0 Å². The van der Waals surface area contributed by atoms with Crippen molar-refractivity contribution in [3.05, 3.63) is 121 Å². The smallest absolute Gasteiger partial charge is 0.0542 e. The Balaban J connectivity index is 1.10. The molecule has 0 aliphatic rings. The average molecular weight is 525 g/mol. The van der Waals surface area contributed by atoms with E-state index in [1.807, 2.05) is 34.0 Å². The third-order valence-electron chi connectivity index (χ3n) is 7.13. The predicted octanol–water partition coefficient (Wildman–Crippen LogP) is 11.5. The second-order valence-electron chi connectivity index (χ2n) is 9.37. The summed E-state index contributed by atoms with van der Waals surface area (Å²) in [5.74, 6) is 0. The Bertz CT molecular complexity index is 2030. The van der Waals surface area contributed by atoms with Crippen LogP contribution in [0.1, 0.15) is 0 Å². The van der Waals surface area contributed by atoms with E-state index in [0.717, 1.165) is 0 Å². The van der Waals surface area contributed by atoms with Gasteiger partial charge in [0.2, 0.25) is 0 Å². The molecule has 3 heterocycles. The normalized spacial score (nSPS) is 11.8. The van der Waals surface area contributed by atoms with Gasteiger partial charge in [-0.2, -0.15) is 0 Å². The molecule has 3 aromatic heterocycles. The van der Waals surface area contributed by atoms with E-state index in [4.69, 9.17) is 0 Å². The summed E-state index contributed by atoms with van der Waals surface area (Å²) in [6, 6.07) is 44.5. The lowest BCUT2D eigenvalue weighted by Crippen LogP contribution is -1.81. The maximum absolute atomic E-state index is 2.36. The first-order valence-electron chi connectivity index (χ1n) is 12.3. The highest BCUT2D eigenvalue weighted by Gasteiger charge is 2.12. The highest BCUT2D eigenvalue weighted by molar-refractivity contribution is 7.36. The van der Waals surface area contributed by atoms with Crippen molar-refractivity contribution in [1.82, 2.24) is 0 Å². The molecule has 0 atom stereocenters. The van der Waals surface area contributed by atoms with Crippen LogP contribution in [0.15, 0.2) is 121 Å². The molecule has 0 saturated heterocycles. The van der Waals surface area contributed by atoms with Crippen molar-refractivity contribution in [2.75, 3.05) is 0 Å². The zero-order valence-corrected chi connectivity index (χ0v) is 22.2. The summed E-state index contributed by atoms with van der Waals surface area (Å²) in [6.45, 7) is 0. The Morgan fingerprint density at radius 2 is 0.892 bits per heavy atom. The zero-order valence-electron chi connectivity index (χ0n) is 19.8. The molecule has 0 nitrogen and oxygen atoms in total. The first-order valence-corrected chi connectivity index (χ1v) is 14.8. The van der Waals surface area contributed by atoms with Gasteiger partial charge in [0.25, 0.3) is 0 Å². The van der Waals surface area contributed by atoms with E-state index in [9.17, 15) is 0 Å². The number of fused-ring (bicyclic) bond motifs is 6. The maximum Gasteiger partial charge on any atom is 0.0542 e. The summed E-state index contributed by atoms with van der Waals surface area (Å²) >= 11 is 5.68. The molecule has 5 aromatic carbocycles. The van der Waals surface area contributed by atoms with E-state index in [0.29, 0.717) is 0 Å². The number of rotatable bonds is 3. The molecule has 0 amide bonds. The summed E-state index contributed by atoms with van der Waals surface area (Å²) in [7, 11) is 0. The quantitative estimate of drug-likeness (QED) is 0.216. The standard InChI is InChI=1S/C34H20S3/c1-3-7-29-26(5-1)20-31(35-29)24-15-13-22(14-16-24)21-9-11-23(12-10-21)25-17-18-28-32(19-25)37-33-27-6-2-4-8-30(27)36-34(28)33/h1-20H. The van der Waals surface area contributed by atoms with Crippen molar-refractivity contribution in [2.45, 2.75) is 0 Å². The van der Waals surface area contributed by atoms with Gasteiger partial charge in [0.05, 0.1) is 9.40 Å². The van der Waals surface area contributed by atoms with Gasteiger partial charge < -0.3 is 0 Å². The third kappa shape index (κ3) is 3.54. The second kappa shape index (κ2) is 8.39. The molecule has 0 aliphatic heterocycles. The van der Waals surface area contributed by atoms with Crippen LogP contribution in [0.5, 0.6) is 0 Å². The molecule has 0 spiro atoms. The molecule has 0 unspecified atom stereocenters. The molecular weight excluding hydrogens is 505 g/mol. The summed E-state index contributed by atoms with van der Waals surface area (Å²) in [6.07, 6.45) is 0. The minimum atomic E-state index is 1.25. The van der Waals surface area contributed by atoms with Gasteiger partial charge in [0.1, 0.15) is 0 Å². The van der Waals surface area contributed by atoms with Gasteiger partial charge in [0.15, 0.2) is 0 Å². The molecular formula is C34H20S3. The highest BCUT2D eigenvalue weighted by atomic mass is 32.1. The van der Waals surface area contributed by atoms with Crippen molar-refractivity contribution in [3.63, 3.8) is 0 Å². The average Bonchev–Trinajstić information content (AvgIpc) is 3.65. The Morgan fingerprint density at radius 1 is 0.351 bits per heavy atom. The highest BCUT2D eigenvalue weighted by Crippen LogP contribution is 2.45. The predicted molar refractivity (Wildman–Crippen MR) is 166 cm³/mol. The van der Waals surface area contributed by atoms with E-state index in [1.165, 1.54) is 72.4 Å². The summed E-state index contributed by atoms with van der Waals surface area (Å²) < 4.78 is 6.92. The van der Waals surface area contributed by atoms with Crippen molar-refractivity contribution >= 4 is 73.7 Å². The molecule has 0 radical (unpaired) electrons. The van der Waals surface area contributed by atoms with Gasteiger partial charge >= 0.3 is 0 Å². The maximum atomic E-state index is 2.36. The summed E-state index contributed by atoms with van der Waals surface area (Å²) in [5.41, 5.74) is 6.30. The van der Waals surface area contributed by atoms with Crippen LogP contribution in [0.25, 0.3) is 72.4 Å². The van der Waals surface area contributed by atoms with E-state index >= 15 is 0 Å². The van der Waals surface area contributed by atoms with Gasteiger partial charge in [-0.3, -0.25) is 0 Å². The van der Waals surface area contributed by atoms with E-state index in [1.54, 1.807) is 0 Å². The van der Waals surface area contributed by atoms with Crippen LogP contribution >= 0.6 is 34.0 Å². The topological polar surface area (TPSA) is 0 Å². The first kappa shape index (κ1) is 21.3. The SMILES string of the molecule is c1ccc2sc(-c3ccc(-c4ccc(-c5ccc6c(c5)sc5c7ccccc7sc65)cc4)cc3)cc2c1. The molecule has 0 N–H and O–H groups in total. The molecule has 37 heavy (non-hydrogen) atoms. The Hall–Kier alpha value is -3.76. The molecule has 174 valence electrons. The van der Waals surface area contributed by atoms with Crippen LogP contribution in [0.2, 0.25) is 0 Å². The first-order chi connectivity index (χ1) is 18.3. The van der Waals surface area contributed by atoms with Crippen molar-refractivity contribution in [3.8, 4) is 32.7 Å². The van der Waals surface area contributed by atoms with Crippen LogP contribution in [-0.4, -0.2) is 0 Å². The van der Waals surface area contributed by atoms with Crippen molar-refractivity contribution in [2.24, 2.45) is 0 Å². The minimum absolute atomic E-state index is 1.25. The van der Waals surface area contributed by atoms with E-state index < -0.39 is 0 Å². The van der Waals surface area contributed by atoms with Gasteiger partial charge in [0, 0.05) is 29.7 Å². The van der Waals surface area contributed by atoms with Crippen LogP contribution < -0.4 is 0 Å². The monoisotopic (exact) mass is 524 g/mol. The van der Waals surface area contributed by atoms with Crippen molar-refractivity contribution in [1.29, 1.82) is 0 Å². The van der Waals surface area contributed by atoms with E-state index in [-0.39, 0.29) is 0 Å². The van der Waals surface area contributed by atoms with Gasteiger partial charge in [-0.05, 0) is 57.5 Å². The molecule has 0 aliphatic carbocycles. The third-order valence-corrected chi connectivity index (χ3v) is 10.8. The number of hydrogen-bond donors (Lipinski definition) is 0. The Labute approximate surface area is 226 Å². The summed E-state index contributed by atoms with van der Waals surface area (Å²) in [5, 5.41) is 4.07. The van der Waals surface area contributed by atoms with Gasteiger partial charge in [-0.25, -0.2) is 0 Å². The fourth-order valence-corrected chi connectivity index (χ4v) is 8.95. The fraction of sp³-hybridized carbons (Fsp3) is 0. The van der Waals surface area contributed by atoms with E-state index in [2.05, 4.69) is 121 Å². The number of thiophene rings is 3. The van der Waals surface area contributed by atoms with Crippen LogP contribution in [0.3, 0.4) is 0 Å². The van der Waals surface area contributed by atoms with Crippen LogP contribution in [0, 0.1) is 0 Å². The fourth-order valence-electron chi connectivity index (χ4n) is 5.19. The molecule has 0 saturated carbocycles. The zero-order chi connectivity index (χ0) is 24.3. The molecule has 0 fully saturated rings. The Morgan fingerprint density at radius 3 is 1.62 bits per heavy atom. The van der Waals surface area contributed by atoms with Gasteiger partial charge in [-0.15, -0.1) is 34.0 Å². The molecule has 0 bridgehead atoms. The lowest BCUT2D eigenvalue weighted by Gasteiger charge is -2.06. The molecule has 8 rings (SSSR count). The molecule has 8 aromatic rings. The lowest BCUT2D eigenvalue weighted by atomic mass is 9.99. The Kier molecular flexibility index (Phi) is 4.84. The minimum Gasteiger partial charge on any atom is -0.135 e. The number of hydrogen-bond acceptors (Lipinski definition) is 3. The second-order valence-corrected chi connectivity index (χ2v) is 12.6. The largest absolute Gasteiger partial charge is 0.135 e. The molecule has 3 heteroatoms. The number of benzene rings is 5. The van der Waals surface area contributed by atoms with Crippen molar-refractivity contribution < 1.29 is 0 Å².